The molecule has 48 heavy (non-hydrogen) atoms. The molecule has 0 saturated heterocycles. The SMILES string of the molecule is CC(CCOC(C)(C)CCOC(=O)COc1ccc(C(=O)C2=CCCC=C2)cc1)OC(=O)COc1ccc(C(=O)c2ccccc2)cc1. The lowest BCUT2D eigenvalue weighted by Crippen LogP contribution is -2.29. The minimum Gasteiger partial charge on any atom is -0.482 e. The highest BCUT2D eigenvalue weighted by Crippen LogP contribution is 2.20. The van der Waals surface area contributed by atoms with Crippen molar-refractivity contribution in [2.45, 2.75) is 58.2 Å². The van der Waals surface area contributed by atoms with Crippen LogP contribution in [0.15, 0.2) is 103 Å². The summed E-state index contributed by atoms with van der Waals surface area (Å²) in [7, 11) is 0. The van der Waals surface area contributed by atoms with Gasteiger partial charge in [-0.25, -0.2) is 9.59 Å². The maximum atomic E-state index is 12.6. The fraction of sp³-hybridized carbons (Fsp3) is 0.333. The number of allylic oxidation sites excluding steroid dienone is 4. The molecule has 0 N–H and O–H groups in total. The van der Waals surface area contributed by atoms with Crippen molar-refractivity contribution in [2.75, 3.05) is 26.4 Å². The highest BCUT2D eigenvalue weighted by atomic mass is 16.6. The first-order valence-electron chi connectivity index (χ1n) is 16.1. The lowest BCUT2D eigenvalue weighted by molar-refractivity contribution is -0.152. The molecule has 9 nitrogen and oxygen atoms in total. The normalized spacial score (nSPS) is 13.2. The van der Waals surface area contributed by atoms with Crippen LogP contribution < -0.4 is 9.47 Å². The van der Waals surface area contributed by atoms with E-state index >= 15 is 0 Å². The number of hydrogen-bond donors (Lipinski definition) is 0. The number of esters is 2. The minimum absolute atomic E-state index is 0.0413. The number of carbonyl (C=O) groups is 4. The molecule has 1 aliphatic rings. The average Bonchev–Trinajstić information content (AvgIpc) is 3.10. The standard InChI is InChI=1S/C39H42O9/c1-28(48-36(41)27-46-34-20-16-32(17-21-34)38(43)30-12-8-5-9-13-30)22-24-47-39(2,3)23-25-44-35(40)26-45-33-18-14-31(15-19-33)37(42)29-10-6-4-7-11-29/h5-6,8-21,28H,4,7,22-27H2,1-3H3. The molecule has 0 radical (unpaired) electrons. The monoisotopic (exact) mass is 654 g/mol. The second-order valence-corrected chi connectivity index (χ2v) is 12.0. The van der Waals surface area contributed by atoms with Crippen LogP contribution in [0, 0.1) is 0 Å². The smallest absolute Gasteiger partial charge is 0.344 e. The quantitative estimate of drug-likeness (QED) is 0.107. The van der Waals surface area contributed by atoms with Crippen LogP contribution in [0.1, 0.15) is 72.7 Å². The highest BCUT2D eigenvalue weighted by molar-refractivity contribution is 6.10. The second-order valence-electron chi connectivity index (χ2n) is 12.0. The fourth-order valence-electron chi connectivity index (χ4n) is 4.74. The molecule has 0 heterocycles. The van der Waals surface area contributed by atoms with Crippen LogP contribution in [-0.2, 0) is 23.8 Å². The van der Waals surface area contributed by atoms with E-state index in [0.717, 1.165) is 12.8 Å². The molecule has 3 aromatic rings. The molecule has 0 amide bonds. The molecule has 9 heteroatoms. The topological polar surface area (TPSA) is 114 Å². The van der Waals surface area contributed by atoms with Gasteiger partial charge in [0.05, 0.1) is 18.8 Å². The molecule has 3 aromatic carbocycles. The van der Waals surface area contributed by atoms with E-state index in [1.807, 2.05) is 50.3 Å². The van der Waals surface area contributed by atoms with Gasteiger partial charge in [0.2, 0.25) is 0 Å². The zero-order valence-corrected chi connectivity index (χ0v) is 27.6. The van der Waals surface area contributed by atoms with Gasteiger partial charge in [0.1, 0.15) is 17.6 Å². The van der Waals surface area contributed by atoms with Crippen molar-refractivity contribution >= 4 is 23.5 Å². The Hall–Kier alpha value is -5.02. The van der Waals surface area contributed by atoms with Gasteiger partial charge in [0.15, 0.2) is 24.8 Å². The Balaban J connectivity index is 1.06. The van der Waals surface area contributed by atoms with Crippen molar-refractivity contribution in [1.29, 1.82) is 0 Å². The summed E-state index contributed by atoms with van der Waals surface area (Å²) in [6, 6.07) is 22.3. The maximum Gasteiger partial charge on any atom is 0.344 e. The largest absolute Gasteiger partial charge is 0.482 e. The van der Waals surface area contributed by atoms with Crippen LogP contribution in [-0.4, -0.2) is 61.6 Å². The summed E-state index contributed by atoms with van der Waals surface area (Å²) < 4.78 is 27.7. The average molecular weight is 655 g/mol. The number of ketones is 2. The summed E-state index contributed by atoms with van der Waals surface area (Å²) in [4.78, 5) is 49.6. The summed E-state index contributed by atoms with van der Waals surface area (Å²) >= 11 is 0. The van der Waals surface area contributed by atoms with Crippen molar-refractivity contribution in [2.24, 2.45) is 0 Å². The van der Waals surface area contributed by atoms with Gasteiger partial charge in [-0.1, -0.05) is 48.6 Å². The van der Waals surface area contributed by atoms with Crippen molar-refractivity contribution in [3.05, 3.63) is 119 Å². The Morgan fingerprint density at radius 3 is 1.90 bits per heavy atom. The van der Waals surface area contributed by atoms with Crippen molar-refractivity contribution in [3.63, 3.8) is 0 Å². The van der Waals surface area contributed by atoms with Crippen LogP contribution in [0.2, 0.25) is 0 Å². The van der Waals surface area contributed by atoms with E-state index in [9.17, 15) is 19.2 Å². The third-order valence-electron chi connectivity index (χ3n) is 7.56. The third kappa shape index (κ3) is 11.7. The number of ether oxygens (including phenoxy) is 5. The Morgan fingerprint density at radius 1 is 0.708 bits per heavy atom. The van der Waals surface area contributed by atoms with Gasteiger partial charge >= 0.3 is 11.9 Å². The highest BCUT2D eigenvalue weighted by Gasteiger charge is 2.21. The number of hydrogen-bond acceptors (Lipinski definition) is 9. The molecule has 4 rings (SSSR count). The Labute approximate surface area is 281 Å². The predicted molar refractivity (Wildman–Crippen MR) is 180 cm³/mol. The molecule has 1 unspecified atom stereocenters. The van der Waals surface area contributed by atoms with Crippen molar-refractivity contribution in [1.82, 2.24) is 0 Å². The lowest BCUT2D eigenvalue weighted by Gasteiger charge is -2.26. The van der Waals surface area contributed by atoms with Gasteiger partial charge in [-0.3, -0.25) is 9.59 Å². The van der Waals surface area contributed by atoms with Crippen LogP contribution in [0.5, 0.6) is 11.5 Å². The molecule has 252 valence electrons. The third-order valence-corrected chi connectivity index (χ3v) is 7.56. The van der Waals surface area contributed by atoms with E-state index in [1.165, 1.54) is 0 Å². The zero-order chi connectivity index (χ0) is 34.4. The maximum absolute atomic E-state index is 12.6. The Kier molecular flexibility index (Phi) is 13.3. The molecule has 0 saturated carbocycles. The first-order chi connectivity index (χ1) is 23.1. The van der Waals surface area contributed by atoms with E-state index in [0.29, 0.717) is 53.2 Å². The van der Waals surface area contributed by atoms with E-state index in [-0.39, 0.29) is 31.4 Å². The van der Waals surface area contributed by atoms with E-state index in [2.05, 4.69) is 0 Å². The summed E-state index contributed by atoms with van der Waals surface area (Å²) in [5.41, 5.74) is 1.79. The van der Waals surface area contributed by atoms with Crippen LogP contribution in [0.3, 0.4) is 0 Å². The summed E-state index contributed by atoms with van der Waals surface area (Å²) in [5, 5.41) is 0. The predicted octanol–water partition coefficient (Wildman–Crippen LogP) is 6.88. The summed E-state index contributed by atoms with van der Waals surface area (Å²) in [6.07, 6.45) is 8.10. The Bertz CT molecular complexity index is 1590. The van der Waals surface area contributed by atoms with Gasteiger partial charge < -0.3 is 23.7 Å². The van der Waals surface area contributed by atoms with E-state index < -0.39 is 23.6 Å². The first kappa shape index (κ1) is 35.8. The molecule has 0 aromatic heterocycles. The van der Waals surface area contributed by atoms with Gasteiger partial charge in [0, 0.05) is 35.1 Å². The summed E-state index contributed by atoms with van der Waals surface area (Å²) in [6.45, 7) is 5.52. The number of rotatable bonds is 18. The van der Waals surface area contributed by atoms with Crippen molar-refractivity contribution in [3.8, 4) is 11.5 Å². The minimum atomic E-state index is -0.576. The van der Waals surface area contributed by atoms with Gasteiger partial charge in [-0.15, -0.1) is 0 Å². The molecule has 1 aliphatic carbocycles. The van der Waals surface area contributed by atoms with Crippen LogP contribution >= 0.6 is 0 Å². The molecular weight excluding hydrogens is 612 g/mol. The molecule has 1 atom stereocenters. The van der Waals surface area contributed by atoms with Crippen molar-refractivity contribution < 1.29 is 42.9 Å². The van der Waals surface area contributed by atoms with Gasteiger partial charge in [0.25, 0.3) is 0 Å². The molecule has 0 aliphatic heterocycles. The molecule has 0 bridgehead atoms. The lowest BCUT2D eigenvalue weighted by atomic mass is 9.98. The number of benzene rings is 3. The summed E-state index contributed by atoms with van der Waals surface area (Å²) in [5.74, 6) is -0.240. The van der Waals surface area contributed by atoms with Crippen LogP contribution in [0.4, 0.5) is 0 Å². The van der Waals surface area contributed by atoms with Crippen LogP contribution in [0.25, 0.3) is 0 Å². The Morgan fingerprint density at radius 2 is 1.29 bits per heavy atom. The zero-order valence-electron chi connectivity index (χ0n) is 27.6. The van der Waals surface area contributed by atoms with E-state index in [4.69, 9.17) is 23.7 Å². The molecule has 0 fully saturated rings. The first-order valence-corrected chi connectivity index (χ1v) is 16.1. The second kappa shape index (κ2) is 17.8. The van der Waals surface area contributed by atoms with E-state index in [1.54, 1.807) is 67.6 Å². The molecular formula is C39H42O9. The fourth-order valence-corrected chi connectivity index (χ4v) is 4.74. The number of carbonyl (C=O) groups excluding carboxylic acids is 4. The molecule has 0 spiro atoms. The van der Waals surface area contributed by atoms with Gasteiger partial charge in [-0.2, -0.15) is 0 Å². The van der Waals surface area contributed by atoms with Gasteiger partial charge in [-0.05, 0) is 82.1 Å². The number of Topliss-reactive ketones (excluding diaryl/α,β-unsaturated/α-hetero) is 1.